The molecule has 0 amide bonds. The van der Waals surface area contributed by atoms with Crippen LogP contribution in [0.5, 0.6) is 0 Å². The number of rotatable bonds is 7. The minimum Gasteiger partial charge on any atom is -0.420 e. The third-order valence-electron chi connectivity index (χ3n) is 6.32. The number of esters is 2. The molecule has 36 heavy (non-hydrogen) atoms. The van der Waals surface area contributed by atoms with Crippen LogP contribution in [0.4, 0.5) is 5.69 Å². The zero-order chi connectivity index (χ0) is 25.5. The van der Waals surface area contributed by atoms with Gasteiger partial charge in [-0.05, 0) is 48.9 Å². The van der Waals surface area contributed by atoms with Crippen LogP contribution in [0.3, 0.4) is 0 Å². The van der Waals surface area contributed by atoms with Crippen LogP contribution < -0.4 is 5.73 Å². The average Bonchev–Trinajstić information content (AvgIpc) is 3.40. The van der Waals surface area contributed by atoms with Gasteiger partial charge in [0.25, 0.3) is 12.1 Å². The number of nitrogens with two attached hydrogens (primary N) is 1. The molecule has 11 heteroatoms. The van der Waals surface area contributed by atoms with Gasteiger partial charge in [-0.15, -0.1) is 11.8 Å². The van der Waals surface area contributed by atoms with Gasteiger partial charge in [-0.1, -0.05) is 30.7 Å². The van der Waals surface area contributed by atoms with Crippen molar-refractivity contribution in [2.45, 2.75) is 49.1 Å². The lowest BCUT2D eigenvalue weighted by molar-refractivity contribution is -0.275. The van der Waals surface area contributed by atoms with Crippen molar-refractivity contribution in [3.05, 3.63) is 77.3 Å². The van der Waals surface area contributed by atoms with Crippen molar-refractivity contribution in [2.24, 2.45) is 0 Å². The van der Waals surface area contributed by atoms with Gasteiger partial charge in [0.05, 0.1) is 18.6 Å². The number of aryl methyl sites for hydroxylation is 1. The highest BCUT2D eigenvalue weighted by molar-refractivity contribution is 7.99. The number of fused-ring (bicyclic) bond motifs is 1. The highest BCUT2D eigenvalue weighted by atomic mass is 35.5. The second-order valence-electron chi connectivity index (χ2n) is 8.76. The number of nitrogen functional groups attached to an aromatic ring is 1. The predicted molar refractivity (Wildman–Crippen MR) is 132 cm³/mol. The molecule has 0 aliphatic carbocycles. The highest BCUT2D eigenvalue weighted by Crippen LogP contribution is 2.50. The van der Waals surface area contributed by atoms with Crippen molar-refractivity contribution in [3.63, 3.8) is 0 Å². The predicted octanol–water partition coefficient (Wildman–Crippen LogP) is 3.89. The van der Waals surface area contributed by atoms with E-state index in [1.807, 2.05) is 42.7 Å². The third-order valence-corrected chi connectivity index (χ3v) is 7.72. The summed E-state index contributed by atoms with van der Waals surface area (Å²) in [6.07, 6.45) is 2.10. The molecule has 1 unspecified atom stereocenters. The quantitative estimate of drug-likeness (QED) is 0.210. The van der Waals surface area contributed by atoms with Crippen molar-refractivity contribution < 1.29 is 28.5 Å². The maximum atomic E-state index is 12.4. The fourth-order valence-electron chi connectivity index (χ4n) is 4.23. The van der Waals surface area contributed by atoms with Gasteiger partial charge >= 0.3 is 11.9 Å². The van der Waals surface area contributed by atoms with Crippen molar-refractivity contribution in [2.75, 3.05) is 11.5 Å². The van der Waals surface area contributed by atoms with Crippen molar-refractivity contribution in [1.82, 2.24) is 9.55 Å². The summed E-state index contributed by atoms with van der Waals surface area (Å²) in [5, 5.41) is 0.589. The smallest absolute Gasteiger partial charge is 0.420 e. The van der Waals surface area contributed by atoms with E-state index in [4.69, 9.17) is 36.3 Å². The van der Waals surface area contributed by atoms with E-state index in [1.54, 1.807) is 36.8 Å². The molecular weight excluding hydrogens is 506 g/mol. The SMILES string of the molecule is Cc1cncn1C[C@]1([C@H](C)c2ccc(Cl)cc2)OC2OC(=O)C(=O)O[C@]2(CSc2ccc(N)cc2)O1. The Bertz CT molecular complexity index is 1280. The number of anilines is 1. The summed E-state index contributed by atoms with van der Waals surface area (Å²) in [5.41, 5.74) is 8.17. The summed E-state index contributed by atoms with van der Waals surface area (Å²) in [5.74, 6) is -5.61. The summed E-state index contributed by atoms with van der Waals surface area (Å²) in [4.78, 5) is 29.6. The summed E-state index contributed by atoms with van der Waals surface area (Å²) >= 11 is 7.47. The first-order valence-corrected chi connectivity index (χ1v) is 12.6. The number of hydrogen-bond acceptors (Lipinski definition) is 9. The Kier molecular flexibility index (Phi) is 6.46. The molecule has 2 N–H and O–H groups in total. The second kappa shape index (κ2) is 9.44. The zero-order valence-corrected chi connectivity index (χ0v) is 21.1. The summed E-state index contributed by atoms with van der Waals surface area (Å²) in [6.45, 7) is 4.03. The van der Waals surface area contributed by atoms with E-state index in [0.29, 0.717) is 10.7 Å². The normalized spacial score (nSPS) is 26.2. The fraction of sp³-hybridized carbons (Fsp3) is 0.320. The third kappa shape index (κ3) is 4.57. The number of halogens is 1. The van der Waals surface area contributed by atoms with Crippen LogP contribution in [0, 0.1) is 6.92 Å². The van der Waals surface area contributed by atoms with Gasteiger partial charge in [0, 0.05) is 33.4 Å². The molecule has 2 aliphatic heterocycles. The van der Waals surface area contributed by atoms with Gasteiger partial charge in [0.2, 0.25) is 5.79 Å². The van der Waals surface area contributed by atoms with E-state index in [0.717, 1.165) is 16.2 Å². The van der Waals surface area contributed by atoms with Crippen molar-refractivity contribution in [3.8, 4) is 0 Å². The largest absolute Gasteiger partial charge is 0.420 e. The minimum absolute atomic E-state index is 0.110. The molecule has 0 spiro atoms. The first kappa shape index (κ1) is 24.6. The number of hydrogen-bond donors (Lipinski definition) is 1. The first-order chi connectivity index (χ1) is 17.2. The van der Waals surface area contributed by atoms with E-state index in [-0.39, 0.29) is 12.3 Å². The Labute approximate surface area is 216 Å². The molecule has 4 atom stereocenters. The molecule has 0 bridgehead atoms. The number of thioether (sulfide) groups is 1. The number of ether oxygens (including phenoxy) is 4. The minimum atomic E-state index is -1.67. The molecule has 2 aliphatic rings. The molecule has 2 saturated heterocycles. The molecule has 1 aromatic heterocycles. The summed E-state index contributed by atoms with van der Waals surface area (Å²) in [6, 6.07) is 14.5. The van der Waals surface area contributed by atoms with Crippen LogP contribution in [0.25, 0.3) is 0 Å². The van der Waals surface area contributed by atoms with Crippen LogP contribution in [-0.4, -0.2) is 45.1 Å². The topological polar surface area (TPSA) is 115 Å². The van der Waals surface area contributed by atoms with Crippen molar-refractivity contribution >= 4 is 41.0 Å². The summed E-state index contributed by atoms with van der Waals surface area (Å²) in [7, 11) is 0. The van der Waals surface area contributed by atoms with Gasteiger partial charge in [0.1, 0.15) is 0 Å². The standard InChI is InChI=1S/C25H24ClN3O6S/c1-15-11-28-14-29(15)12-24(16(2)17-3-5-18(26)6-4-17)34-23-25(35-24,33-22(31)21(30)32-23)13-36-20-9-7-19(27)8-10-20/h3-11,14,16,23H,12-13,27H2,1-2H3/t16-,23?,24+,25-/m1/s1. The van der Waals surface area contributed by atoms with Crippen LogP contribution in [0.15, 0.2) is 66.0 Å². The Morgan fingerprint density at radius 1 is 1.14 bits per heavy atom. The molecule has 0 radical (unpaired) electrons. The van der Waals surface area contributed by atoms with E-state index in [2.05, 4.69) is 4.98 Å². The first-order valence-electron chi connectivity index (χ1n) is 11.2. The molecule has 3 aromatic rings. The maximum Gasteiger partial charge on any atom is 0.420 e. The van der Waals surface area contributed by atoms with E-state index in [1.165, 1.54) is 11.8 Å². The molecular formula is C25H24ClN3O6S. The van der Waals surface area contributed by atoms with Crippen LogP contribution in [-0.2, 0) is 35.1 Å². The van der Waals surface area contributed by atoms with Gasteiger partial charge in [-0.3, -0.25) is 4.74 Å². The molecule has 5 rings (SSSR count). The lowest BCUT2D eigenvalue weighted by atomic mass is 9.91. The number of imidazole rings is 1. The number of carbonyl (C=O) groups excluding carboxylic acids is 2. The Morgan fingerprint density at radius 3 is 2.53 bits per heavy atom. The molecule has 3 heterocycles. The fourth-order valence-corrected chi connectivity index (χ4v) is 5.31. The molecule has 9 nitrogen and oxygen atoms in total. The molecule has 188 valence electrons. The summed E-state index contributed by atoms with van der Waals surface area (Å²) < 4.78 is 25.9. The van der Waals surface area contributed by atoms with Gasteiger partial charge in [-0.2, -0.15) is 0 Å². The molecule has 2 fully saturated rings. The van der Waals surface area contributed by atoms with Crippen LogP contribution >= 0.6 is 23.4 Å². The van der Waals surface area contributed by atoms with Gasteiger partial charge in [-0.25, -0.2) is 14.6 Å². The van der Waals surface area contributed by atoms with Crippen LogP contribution in [0.1, 0.15) is 24.1 Å². The Hall–Kier alpha value is -3.05. The zero-order valence-electron chi connectivity index (χ0n) is 19.5. The maximum absolute atomic E-state index is 12.4. The average molecular weight is 530 g/mol. The number of aromatic nitrogens is 2. The van der Waals surface area contributed by atoms with Gasteiger partial charge in [0.15, 0.2) is 0 Å². The Morgan fingerprint density at radius 2 is 1.86 bits per heavy atom. The lowest BCUT2D eigenvalue weighted by Crippen LogP contribution is -2.55. The number of benzene rings is 2. The highest BCUT2D eigenvalue weighted by Gasteiger charge is 2.67. The molecule has 2 aromatic carbocycles. The monoisotopic (exact) mass is 529 g/mol. The molecule has 0 saturated carbocycles. The Balaban J connectivity index is 1.53. The number of nitrogens with zero attached hydrogens (tertiary/aromatic N) is 2. The van der Waals surface area contributed by atoms with Gasteiger partial charge < -0.3 is 24.5 Å². The van der Waals surface area contributed by atoms with E-state index in [9.17, 15) is 9.59 Å². The van der Waals surface area contributed by atoms with Crippen LogP contribution in [0.2, 0.25) is 5.02 Å². The lowest BCUT2D eigenvalue weighted by Gasteiger charge is -2.36. The van der Waals surface area contributed by atoms with E-state index < -0.39 is 35.7 Å². The second-order valence-corrected chi connectivity index (χ2v) is 10.2. The van der Waals surface area contributed by atoms with Crippen molar-refractivity contribution in [1.29, 1.82) is 0 Å². The van der Waals surface area contributed by atoms with E-state index >= 15 is 0 Å². The number of carbonyl (C=O) groups is 2.